The lowest BCUT2D eigenvalue weighted by Crippen LogP contribution is -2.56. The van der Waals surface area contributed by atoms with E-state index in [1.54, 1.807) is 0 Å². The van der Waals surface area contributed by atoms with Crippen LogP contribution in [-0.4, -0.2) is 61.2 Å². The molecule has 1 aliphatic heterocycles. The Bertz CT molecular complexity index is 1120. The van der Waals surface area contributed by atoms with Crippen LogP contribution in [0.25, 0.3) is 0 Å². The highest BCUT2D eigenvalue weighted by Crippen LogP contribution is 2.37. The molecule has 4 rings (SSSR count). The van der Waals surface area contributed by atoms with E-state index in [2.05, 4.69) is 29.3 Å². The number of benzene rings is 1. The number of hydrogen-bond donors (Lipinski definition) is 0. The minimum atomic E-state index is -3.10. The third-order valence-electron chi connectivity index (χ3n) is 7.35. The van der Waals surface area contributed by atoms with E-state index in [9.17, 15) is 13.7 Å². The maximum Gasteiger partial charge on any atom is 0.150 e. The second-order valence-electron chi connectivity index (χ2n) is 9.95. The Morgan fingerprint density at radius 2 is 1.88 bits per heavy atom. The van der Waals surface area contributed by atoms with Crippen LogP contribution in [0.2, 0.25) is 5.02 Å². The number of morpholine rings is 1. The largest absolute Gasteiger partial charge is 0.374 e. The molecular weight excluding hydrogens is 470 g/mol. The van der Waals surface area contributed by atoms with E-state index >= 15 is 0 Å². The highest BCUT2D eigenvalue weighted by molar-refractivity contribution is 7.90. The molecule has 1 saturated heterocycles. The second-order valence-corrected chi connectivity index (χ2v) is 12.6. The average molecular weight is 504 g/mol. The average Bonchev–Trinajstić information content (AvgIpc) is 3.19. The fourth-order valence-electron chi connectivity index (χ4n) is 5.56. The summed E-state index contributed by atoms with van der Waals surface area (Å²) in [7, 11) is -1.17. The van der Waals surface area contributed by atoms with Crippen LogP contribution < -0.4 is 0 Å². The van der Waals surface area contributed by atoms with E-state index in [1.165, 1.54) is 17.4 Å². The van der Waals surface area contributed by atoms with Gasteiger partial charge in [-0.2, -0.15) is 5.26 Å². The first-order valence-electron chi connectivity index (χ1n) is 12.1. The minimum absolute atomic E-state index is 0.0731. The van der Waals surface area contributed by atoms with Gasteiger partial charge in [-0.1, -0.05) is 23.7 Å². The molecule has 2 heterocycles. The molecule has 1 saturated carbocycles. The highest BCUT2D eigenvalue weighted by Gasteiger charge is 2.36. The van der Waals surface area contributed by atoms with Gasteiger partial charge in [0.25, 0.3) is 0 Å². The number of nitriles is 1. The number of sulfone groups is 1. The van der Waals surface area contributed by atoms with E-state index < -0.39 is 9.84 Å². The third-order valence-corrected chi connectivity index (χ3v) is 8.58. The van der Waals surface area contributed by atoms with Gasteiger partial charge >= 0.3 is 0 Å². The number of aromatic nitrogens is 1. The predicted octanol–water partition coefficient (Wildman–Crippen LogP) is 4.32. The van der Waals surface area contributed by atoms with Crippen LogP contribution in [0.5, 0.6) is 0 Å². The Kier molecular flexibility index (Phi) is 8.04. The summed E-state index contributed by atoms with van der Waals surface area (Å²) in [6.07, 6.45) is 9.33. The zero-order valence-corrected chi connectivity index (χ0v) is 21.6. The Hall–Kier alpha value is -1.85. The van der Waals surface area contributed by atoms with Crippen LogP contribution in [0.3, 0.4) is 0 Å². The van der Waals surface area contributed by atoms with Gasteiger partial charge in [0.15, 0.2) is 0 Å². The maximum absolute atomic E-state index is 11.9. The number of ether oxygens (including phenoxy) is 1. The summed E-state index contributed by atoms with van der Waals surface area (Å²) in [5, 5.41) is 10.0. The summed E-state index contributed by atoms with van der Waals surface area (Å²) >= 11 is 6.03. The first-order chi connectivity index (χ1) is 16.2. The van der Waals surface area contributed by atoms with Crippen molar-refractivity contribution in [3.05, 3.63) is 58.4 Å². The van der Waals surface area contributed by atoms with Gasteiger partial charge in [-0.25, -0.2) is 8.42 Å². The SMILES string of the molecule is Cn1cc(C2CCC(N3C[C@H](CS(C)(=O)=O)OC[C@@H]3CCc3ccc(Cl)cc3)CC2)cc1C#N. The molecule has 0 amide bonds. The highest BCUT2D eigenvalue weighted by atomic mass is 35.5. The van der Waals surface area contributed by atoms with Crippen LogP contribution in [-0.2, 0) is 28.0 Å². The number of halogens is 1. The number of hydrogen-bond acceptors (Lipinski definition) is 5. The second kappa shape index (κ2) is 10.8. The number of nitrogens with zero attached hydrogens (tertiary/aromatic N) is 3. The van der Waals surface area contributed by atoms with Crippen molar-refractivity contribution in [2.24, 2.45) is 7.05 Å². The molecule has 1 aliphatic carbocycles. The van der Waals surface area contributed by atoms with Gasteiger partial charge in [-0.3, -0.25) is 4.90 Å². The molecular formula is C26H34ClN3O3S. The Balaban J connectivity index is 1.42. The molecule has 0 unspecified atom stereocenters. The summed E-state index contributed by atoms with van der Waals surface area (Å²) in [4.78, 5) is 2.54. The fraction of sp³-hybridized carbons (Fsp3) is 0.577. The molecule has 0 N–H and O–H groups in total. The Morgan fingerprint density at radius 3 is 2.50 bits per heavy atom. The summed E-state index contributed by atoms with van der Waals surface area (Å²) in [5.74, 6) is 0.550. The summed E-state index contributed by atoms with van der Waals surface area (Å²) in [5.41, 5.74) is 3.22. The van der Waals surface area contributed by atoms with E-state index in [0.717, 1.165) is 43.5 Å². The van der Waals surface area contributed by atoms with Crippen molar-refractivity contribution >= 4 is 21.4 Å². The Morgan fingerprint density at radius 1 is 1.18 bits per heavy atom. The van der Waals surface area contributed by atoms with Crippen molar-refractivity contribution in [2.75, 3.05) is 25.2 Å². The fourth-order valence-corrected chi connectivity index (χ4v) is 6.57. The smallest absolute Gasteiger partial charge is 0.150 e. The van der Waals surface area contributed by atoms with Gasteiger partial charge in [-0.15, -0.1) is 0 Å². The van der Waals surface area contributed by atoms with Gasteiger partial charge in [0, 0.05) is 43.2 Å². The van der Waals surface area contributed by atoms with Crippen molar-refractivity contribution in [3.8, 4) is 6.07 Å². The predicted molar refractivity (Wildman–Crippen MR) is 135 cm³/mol. The zero-order valence-electron chi connectivity index (χ0n) is 20.0. The first-order valence-corrected chi connectivity index (χ1v) is 14.5. The first kappa shape index (κ1) is 25.2. The topological polar surface area (TPSA) is 75.3 Å². The molecule has 8 heteroatoms. The van der Waals surface area contributed by atoms with Crippen molar-refractivity contribution in [2.45, 2.75) is 62.6 Å². The molecule has 2 aromatic rings. The lowest BCUT2D eigenvalue weighted by Gasteiger charge is -2.46. The lowest BCUT2D eigenvalue weighted by molar-refractivity contribution is -0.0778. The third kappa shape index (κ3) is 6.42. The molecule has 2 atom stereocenters. The van der Waals surface area contributed by atoms with Crippen LogP contribution >= 0.6 is 11.6 Å². The molecule has 0 bridgehead atoms. The molecule has 1 aromatic heterocycles. The van der Waals surface area contributed by atoms with Crippen LogP contribution in [0.4, 0.5) is 0 Å². The summed E-state index contributed by atoms with van der Waals surface area (Å²) in [6, 6.07) is 13.0. The lowest BCUT2D eigenvalue weighted by atomic mass is 9.81. The van der Waals surface area contributed by atoms with E-state index in [1.807, 2.05) is 29.8 Å². The molecule has 2 fully saturated rings. The van der Waals surface area contributed by atoms with Gasteiger partial charge in [-0.05, 0) is 73.8 Å². The van der Waals surface area contributed by atoms with Crippen LogP contribution in [0.15, 0.2) is 36.5 Å². The monoisotopic (exact) mass is 503 g/mol. The zero-order chi connectivity index (χ0) is 24.3. The van der Waals surface area contributed by atoms with Crippen LogP contribution in [0.1, 0.15) is 54.8 Å². The van der Waals surface area contributed by atoms with E-state index in [4.69, 9.17) is 16.3 Å². The van der Waals surface area contributed by atoms with Crippen molar-refractivity contribution in [1.29, 1.82) is 5.26 Å². The Labute approximate surface area is 208 Å². The molecule has 6 nitrogen and oxygen atoms in total. The van der Waals surface area contributed by atoms with Crippen molar-refractivity contribution < 1.29 is 13.2 Å². The summed E-state index contributed by atoms with van der Waals surface area (Å²) in [6.45, 7) is 1.23. The quantitative estimate of drug-likeness (QED) is 0.562. The standard InChI is InChI=1S/C26H34ClN3O3S/c1-29-15-21(13-25(29)14-28)20-6-11-23(12-7-20)30-16-26(18-34(2,31)32)33-17-24(30)10-5-19-3-8-22(27)9-4-19/h3-4,8-9,13,15,20,23-24,26H,5-7,10-12,16-18H2,1-2H3/t20?,23?,24-,26+/m0/s1. The van der Waals surface area contributed by atoms with Crippen molar-refractivity contribution in [3.63, 3.8) is 0 Å². The van der Waals surface area contributed by atoms with Gasteiger partial charge in [0.1, 0.15) is 21.6 Å². The van der Waals surface area contributed by atoms with E-state index in [-0.39, 0.29) is 17.9 Å². The number of aryl methyl sites for hydroxylation is 2. The molecule has 1 aromatic carbocycles. The van der Waals surface area contributed by atoms with Crippen molar-refractivity contribution in [1.82, 2.24) is 9.47 Å². The normalized spacial score (nSPS) is 26.3. The van der Waals surface area contributed by atoms with Gasteiger partial charge < -0.3 is 9.30 Å². The molecule has 2 aliphatic rings. The maximum atomic E-state index is 11.9. The van der Waals surface area contributed by atoms with Gasteiger partial charge in [0.05, 0.1) is 18.5 Å². The van der Waals surface area contributed by atoms with E-state index in [0.29, 0.717) is 30.8 Å². The molecule has 0 radical (unpaired) electrons. The molecule has 184 valence electrons. The summed E-state index contributed by atoms with van der Waals surface area (Å²) < 4.78 is 31.8. The van der Waals surface area contributed by atoms with Crippen LogP contribution in [0, 0.1) is 11.3 Å². The number of rotatable bonds is 7. The molecule has 0 spiro atoms. The molecule has 34 heavy (non-hydrogen) atoms. The van der Waals surface area contributed by atoms with Gasteiger partial charge in [0.2, 0.25) is 0 Å². The minimum Gasteiger partial charge on any atom is -0.374 e.